The summed E-state index contributed by atoms with van der Waals surface area (Å²) < 4.78 is 24.5. The summed E-state index contributed by atoms with van der Waals surface area (Å²) >= 11 is 0. The van der Waals surface area contributed by atoms with E-state index in [4.69, 9.17) is 9.57 Å². The molecular formula is C20H25FN4O6. The number of nitrogens with one attached hydrogen (secondary N) is 1. The maximum Gasteiger partial charge on any atom is 0.414 e. The quantitative estimate of drug-likeness (QED) is 0.509. The molecular weight excluding hydrogens is 411 g/mol. The molecule has 0 aromatic heterocycles. The standard InChI is InChI=1S/C20H25FN4O6/c1-13(26)22-10-16-11-25(20(28)31-16)15-3-4-18(17(21)9-15)24-7-5-14(6-8-24)23-30-12-19(27)29-2/h3-4,9,16H,5-8,10-12H2,1-2H3,(H,22,26). The van der Waals surface area contributed by atoms with Crippen LogP contribution in [0.3, 0.4) is 0 Å². The number of carbonyl (C=O) groups excluding carboxylic acids is 3. The van der Waals surface area contributed by atoms with Gasteiger partial charge < -0.3 is 24.5 Å². The summed E-state index contributed by atoms with van der Waals surface area (Å²) in [6.07, 6.45) is 0.0886. The van der Waals surface area contributed by atoms with Crippen LogP contribution in [0.25, 0.3) is 0 Å². The predicted octanol–water partition coefficient (Wildman–Crippen LogP) is 1.43. The van der Waals surface area contributed by atoms with Crippen LogP contribution in [0.4, 0.5) is 20.6 Å². The Morgan fingerprint density at radius 3 is 2.71 bits per heavy atom. The summed E-state index contributed by atoms with van der Waals surface area (Å²) in [6, 6.07) is 4.61. The van der Waals surface area contributed by atoms with E-state index in [0.29, 0.717) is 37.3 Å². The van der Waals surface area contributed by atoms with Gasteiger partial charge in [0.25, 0.3) is 0 Å². The second kappa shape index (κ2) is 10.1. The molecule has 31 heavy (non-hydrogen) atoms. The molecule has 2 amide bonds. The summed E-state index contributed by atoms with van der Waals surface area (Å²) in [5, 5.41) is 6.54. The summed E-state index contributed by atoms with van der Waals surface area (Å²) in [5.74, 6) is -1.17. The van der Waals surface area contributed by atoms with Crippen LogP contribution in [0.15, 0.2) is 23.4 Å². The Kier molecular flexibility index (Phi) is 7.27. The van der Waals surface area contributed by atoms with Gasteiger partial charge in [-0.2, -0.15) is 0 Å². The smallest absolute Gasteiger partial charge is 0.414 e. The first-order chi connectivity index (χ1) is 14.9. The van der Waals surface area contributed by atoms with Crippen LogP contribution in [0.2, 0.25) is 0 Å². The van der Waals surface area contributed by atoms with Crippen molar-refractivity contribution >= 4 is 35.1 Å². The van der Waals surface area contributed by atoms with Crippen LogP contribution in [0.1, 0.15) is 19.8 Å². The van der Waals surface area contributed by atoms with Gasteiger partial charge in [-0.3, -0.25) is 9.69 Å². The Hall–Kier alpha value is -3.37. The third kappa shape index (κ3) is 5.83. The number of carbonyl (C=O) groups is 3. The molecule has 1 aromatic carbocycles. The van der Waals surface area contributed by atoms with Gasteiger partial charge in [-0.15, -0.1) is 0 Å². The molecule has 3 rings (SSSR count). The average molecular weight is 436 g/mol. The fraction of sp³-hybridized carbons (Fsp3) is 0.500. The number of methoxy groups -OCH3 is 1. The number of piperidine rings is 1. The molecule has 0 aliphatic carbocycles. The van der Waals surface area contributed by atoms with Gasteiger partial charge in [0, 0.05) is 32.9 Å². The number of oxime groups is 1. The van der Waals surface area contributed by atoms with Crippen molar-refractivity contribution in [3.63, 3.8) is 0 Å². The largest absolute Gasteiger partial charge is 0.466 e. The van der Waals surface area contributed by atoms with Crippen molar-refractivity contribution in [3.05, 3.63) is 24.0 Å². The van der Waals surface area contributed by atoms with Crippen LogP contribution in [-0.4, -0.2) is 69.7 Å². The molecule has 2 saturated heterocycles. The number of hydrogen-bond donors (Lipinski definition) is 1. The number of ether oxygens (including phenoxy) is 2. The van der Waals surface area contributed by atoms with Crippen molar-refractivity contribution in [3.8, 4) is 0 Å². The van der Waals surface area contributed by atoms with Crippen LogP contribution in [0, 0.1) is 5.82 Å². The summed E-state index contributed by atoms with van der Waals surface area (Å²) in [7, 11) is 1.27. The van der Waals surface area contributed by atoms with E-state index in [1.54, 1.807) is 12.1 Å². The van der Waals surface area contributed by atoms with E-state index in [1.807, 2.05) is 4.90 Å². The number of rotatable bonds is 7. The van der Waals surface area contributed by atoms with E-state index in [9.17, 15) is 18.8 Å². The van der Waals surface area contributed by atoms with Crippen molar-refractivity contribution in [1.82, 2.24) is 5.32 Å². The number of cyclic esters (lactones) is 1. The van der Waals surface area contributed by atoms with Crippen LogP contribution >= 0.6 is 0 Å². The maximum absolute atomic E-state index is 14.8. The lowest BCUT2D eigenvalue weighted by Crippen LogP contribution is -2.35. The molecule has 0 radical (unpaired) electrons. The van der Waals surface area contributed by atoms with Crippen molar-refractivity contribution in [1.29, 1.82) is 0 Å². The molecule has 2 aliphatic rings. The second-order valence-corrected chi connectivity index (χ2v) is 7.18. The lowest BCUT2D eigenvalue weighted by atomic mass is 10.1. The van der Waals surface area contributed by atoms with Gasteiger partial charge in [0.2, 0.25) is 12.5 Å². The molecule has 0 saturated carbocycles. The highest BCUT2D eigenvalue weighted by atomic mass is 19.1. The maximum atomic E-state index is 14.8. The zero-order valence-corrected chi connectivity index (χ0v) is 17.4. The molecule has 2 fully saturated rings. The van der Waals surface area contributed by atoms with Gasteiger partial charge in [-0.05, 0) is 18.2 Å². The molecule has 1 unspecified atom stereocenters. The Labute approximate surface area is 178 Å². The zero-order chi connectivity index (χ0) is 22.4. The molecule has 1 N–H and O–H groups in total. The van der Waals surface area contributed by atoms with Gasteiger partial charge in [-0.1, -0.05) is 5.16 Å². The highest BCUT2D eigenvalue weighted by Gasteiger charge is 2.33. The van der Waals surface area contributed by atoms with Gasteiger partial charge in [-0.25, -0.2) is 14.0 Å². The van der Waals surface area contributed by atoms with Crippen LogP contribution in [-0.2, 0) is 23.9 Å². The normalized spacial score (nSPS) is 18.5. The average Bonchev–Trinajstić information content (AvgIpc) is 3.13. The highest BCUT2D eigenvalue weighted by molar-refractivity contribution is 5.90. The minimum absolute atomic E-state index is 0.207. The lowest BCUT2D eigenvalue weighted by Gasteiger charge is -2.30. The second-order valence-electron chi connectivity index (χ2n) is 7.18. The summed E-state index contributed by atoms with van der Waals surface area (Å²) in [4.78, 5) is 42.4. The Morgan fingerprint density at radius 2 is 2.06 bits per heavy atom. The summed E-state index contributed by atoms with van der Waals surface area (Å²) in [5.41, 5.74) is 1.62. The molecule has 0 spiro atoms. The van der Waals surface area contributed by atoms with Gasteiger partial charge in [0.15, 0.2) is 0 Å². The van der Waals surface area contributed by atoms with Crippen LogP contribution < -0.4 is 15.1 Å². The fourth-order valence-corrected chi connectivity index (χ4v) is 3.35. The first-order valence-corrected chi connectivity index (χ1v) is 9.89. The first-order valence-electron chi connectivity index (χ1n) is 9.89. The number of hydrogen-bond acceptors (Lipinski definition) is 8. The fourth-order valence-electron chi connectivity index (χ4n) is 3.35. The molecule has 11 heteroatoms. The molecule has 2 heterocycles. The van der Waals surface area contributed by atoms with E-state index in [0.717, 1.165) is 5.71 Å². The predicted molar refractivity (Wildman–Crippen MR) is 110 cm³/mol. The molecule has 1 aromatic rings. The third-order valence-corrected chi connectivity index (χ3v) is 4.98. The molecule has 10 nitrogen and oxygen atoms in total. The Morgan fingerprint density at radius 1 is 1.32 bits per heavy atom. The Bertz CT molecular complexity index is 867. The topological polar surface area (TPSA) is 110 Å². The van der Waals surface area contributed by atoms with E-state index >= 15 is 0 Å². The molecule has 168 valence electrons. The van der Waals surface area contributed by atoms with E-state index in [-0.39, 0.29) is 25.6 Å². The number of nitrogens with zero attached hydrogens (tertiary/aromatic N) is 3. The minimum Gasteiger partial charge on any atom is -0.466 e. The van der Waals surface area contributed by atoms with E-state index in [2.05, 4.69) is 15.2 Å². The highest BCUT2D eigenvalue weighted by Crippen LogP contribution is 2.29. The summed E-state index contributed by atoms with van der Waals surface area (Å²) in [6.45, 7) is 2.66. The molecule has 2 aliphatic heterocycles. The zero-order valence-electron chi connectivity index (χ0n) is 17.4. The molecule has 1 atom stereocenters. The van der Waals surface area contributed by atoms with Gasteiger partial charge in [0.1, 0.15) is 11.9 Å². The molecule has 0 bridgehead atoms. The number of halogens is 1. The number of esters is 1. The minimum atomic E-state index is -0.576. The van der Waals surface area contributed by atoms with Gasteiger partial charge >= 0.3 is 12.1 Å². The number of benzene rings is 1. The monoisotopic (exact) mass is 436 g/mol. The van der Waals surface area contributed by atoms with Gasteiger partial charge in [0.05, 0.1) is 37.3 Å². The lowest BCUT2D eigenvalue weighted by molar-refractivity contribution is -0.145. The third-order valence-electron chi connectivity index (χ3n) is 4.98. The SMILES string of the molecule is COC(=O)CON=C1CCN(c2ccc(N3CC(CNC(C)=O)OC3=O)cc2F)CC1. The van der Waals surface area contributed by atoms with Crippen molar-refractivity contribution < 1.29 is 33.1 Å². The van der Waals surface area contributed by atoms with E-state index in [1.165, 1.54) is 25.0 Å². The van der Waals surface area contributed by atoms with Crippen molar-refractivity contribution in [2.24, 2.45) is 5.16 Å². The van der Waals surface area contributed by atoms with Crippen molar-refractivity contribution in [2.45, 2.75) is 25.9 Å². The number of anilines is 2. The first kappa shape index (κ1) is 22.3. The van der Waals surface area contributed by atoms with Crippen LogP contribution in [0.5, 0.6) is 0 Å². The Balaban J connectivity index is 1.57. The van der Waals surface area contributed by atoms with E-state index < -0.39 is 24.0 Å². The van der Waals surface area contributed by atoms with Crippen molar-refractivity contribution in [2.75, 3.05) is 49.7 Å². The number of amides is 2.